The van der Waals surface area contributed by atoms with Gasteiger partial charge < -0.3 is 4.98 Å². The van der Waals surface area contributed by atoms with Crippen LogP contribution in [0.2, 0.25) is 5.02 Å². The molecule has 2 aromatic heterocycles. The number of halogens is 2. The molecule has 0 radical (unpaired) electrons. The molecule has 0 saturated carbocycles. The molecule has 0 saturated heterocycles. The van der Waals surface area contributed by atoms with Gasteiger partial charge in [0.1, 0.15) is 9.85 Å². The van der Waals surface area contributed by atoms with Crippen molar-refractivity contribution in [1.82, 2.24) is 9.97 Å². The highest BCUT2D eigenvalue weighted by Gasteiger charge is 2.20. The number of nitrogens with zero attached hydrogens (tertiary/aromatic N) is 2. The third-order valence-electron chi connectivity index (χ3n) is 4.51. The van der Waals surface area contributed by atoms with E-state index in [-0.39, 0.29) is 27.1 Å². The largest absolute Gasteiger partial charge is 0.305 e. The molecule has 1 N–H and O–H groups in total. The normalized spacial score (nSPS) is 14.4. The highest BCUT2D eigenvalue weighted by molar-refractivity contribution is 7.18. The van der Waals surface area contributed by atoms with Gasteiger partial charge in [0.2, 0.25) is 0 Å². The zero-order valence-electron chi connectivity index (χ0n) is 13.9. The van der Waals surface area contributed by atoms with Gasteiger partial charge in [-0.15, -0.1) is 11.3 Å². The standard InChI is InChI=1S/C18H13Cl2N3O3S/c19-11-6-5-9(8-13(11)23(25)26)7-12(20)16-21-17(24)15-10-3-1-2-4-14(10)27-18(15)22-16/h5-8H,1-4H2,(H,21,22,24)/b12-7-. The molecule has 3 aromatic rings. The molecule has 0 fully saturated rings. The van der Waals surface area contributed by atoms with Crippen molar-refractivity contribution in [3.63, 3.8) is 0 Å². The van der Waals surface area contributed by atoms with Gasteiger partial charge in [-0.25, -0.2) is 4.98 Å². The third-order valence-corrected chi connectivity index (χ3v) is 6.30. The van der Waals surface area contributed by atoms with Gasteiger partial charge in [0.15, 0.2) is 5.82 Å². The number of nitrogens with one attached hydrogen (secondary N) is 1. The van der Waals surface area contributed by atoms with Gasteiger partial charge in [0.25, 0.3) is 11.2 Å². The van der Waals surface area contributed by atoms with Crippen LogP contribution in [-0.4, -0.2) is 14.9 Å². The maximum Gasteiger partial charge on any atom is 0.288 e. The van der Waals surface area contributed by atoms with Crippen LogP contribution >= 0.6 is 34.5 Å². The highest BCUT2D eigenvalue weighted by atomic mass is 35.5. The van der Waals surface area contributed by atoms with E-state index in [0.29, 0.717) is 15.8 Å². The number of hydrogen-bond donors (Lipinski definition) is 1. The quantitative estimate of drug-likeness (QED) is 0.466. The molecule has 27 heavy (non-hydrogen) atoms. The first kappa shape index (κ1) is 18.2. The van der Waals surface area contributed by atoms with Gasteiger partial charge in [0, 0.05) is 10.9 Å². The number of nitro benzene ring substituents is 1. The fraction of sp³-hybridized carbons (Fsp3) is 0.222. The Morgan fingerprint density at radius 1 is 1.33 bits per heavy atom. The van der Waals surface area contributed by atoms with Crippen LogP contribution < -0.4 is 5.56 Å². The first-order valence-corrected chi connectivity index (χ1v) is 9.87. The molecule has 0 bridgehead atoms. The third kappa shape index (κ3) is 3.38. The molecule has 0 unspecified atom stereocenters. The van der Waals surface area contributed by atoms with Crippen molar-refractivity contribution in [3.8, 4) is 0 Å². The number of aromatic nitrogens is 2. The summed E-state index contributed by atoms with van der Waals surface area (Å²) in [6.45, 7) is 0. The van der Waals surface area contributed by atoms with Crippen molar-refractivity contribution in [2.24, 2.45) is 0 Å². The summed E-state index contributed by atoms with van der Waals surface area (Å²) in [4.78, 5) is 32.2. The minimum Gasteiger partial charge on any atom is -0.305 e. The summed E-state index contributed by atoms with van der Waals surface area (Å²) < 4.78 is 0. The molecule has 0 atom stereocenters. The van der Waals surface area contributed by atoms with E-state index in [0.717, 1.165) is 31.2 Å². The van der Waals surface area contributed by atoms with Gasteiger partial charge in [-0.3, -0.25) is 14.9 Å². The highest BCUT2D eigenvalue weighted by Crippen LogP contribution is 2.34. The molecule has 0 amide bonds. The van der Waals surface area contributed by atoms with Crippen molar-refractivity contribution in [2.45, 2.75) is 25.7 Å². The number of aromatic amines is 1. The Kier molecular flexibility index (Phi) is 4.75. The minimum absolute atomic E-state index is 0.0467. The number of fused-ring (bicyclic) bond motifs is 3. The van der Waals surface area contributed by atoms with Gasteiger partial charge >= 0.3 is 0 Å². The van der Waals surface area contributed by atoms with Crippen LogP contribution in [-0.2, 0) is 12.8 Å². The number of aryl methyl sites for hydroxylation is 2. The topological polar surface area (TPSA) is 88.9 Å². The molecule has 1 aromatic carbocycles. The molecular weight excluding hydrogens is 409 g/mol. The second-order valence-electron chi connectivity index (χ2n) is 6.27. The number of H-pyrrole nitrogens is 1. The van der Waals surface area contributed by atoms with E-state index in [1.807, 2.05) is 0 Å². The molecule has 0 spiro atoms. The first-order chi connectivity index (χ1) is 12.9. The first-order valence-electron chi connectivity index (χ1n) is 8.30. The van der Waals surface area contributed by atoms with Crippen LogP contribution in [0.3, 0.4) is 0 Å². The SMILES string of the molecule is O=c1[nH]c(/C(Cl)=C/c2ccc(Cl)c([N+](=O)[O-])c2)nc2sc3c(c12)CCCC3. The molecule has 138 valence electrons. The summed E-state index contributed by atoms with van der Waals surface area (Å²) in [5.74, 6) is 0.241. The molecule has 1 aliphatic rings. The second-order valence-corrected chi connectivity index (χ2v) is 8.16. The van der Waals surface area contributed by atoms with Crippen molar-refractivity contribution >= 4 is 61.6 Å². The predicted molar refractivity (Wildman–Crippen MR) is 109 cm³/mol. The zero-order chi connectivity index (χ0) is 19.1. The summed E-state index contributed by atoms with van der Waals surface area (Å²) in [6.07, 6.45) is 5.60. The lowest BCUT2D eigenvalue weighted by molar-refractivity contribution is -0.384. The van der Waals surface area contributed by atoms with Crippen molar-refractivity contribution in [2.75, 3.05) is 0 Å². The Morgan fingerprint density at radius 3 is 2.89 bits per heavy atom. The molecule has 1 aliphatic carbocycles. The number of rotatable bonds is 3. The monoisotopic (exact) mass is 421 g/mol. The molecule has 9 heteroatoms. The molecule has 6 nitrogen and oxygen atoms in total. The van der Waals surface area contributed by atoms with E-state index in [1.165, 1.54) is 34.4 Å². The summed E-state index contributed by atoms with van der Waals surface area (Å²) >= 11 is 13.7. The van der Waals surface area contributed by atoms with Crippen molar-refractivity contribution in [1.29, 1.82) is 0 Å². The zero-order valence-corrected chi connectivity index (χ0v) is 16.2. The summed E-state index contributed by atoms with van der Waals surface area (Å²) in [7, 11) is 0. The minimum atomic E-state index is -0.560. The molecular formula is C18H13Cl2N3O3S. The lowest BCUT2D eigenvalue weighted by Crippen LogP contribution is -2.12. The lowest BCUT2D eigenvalue weighted by Gasteiger charge is -2.09. The van der Waals surface area contributed by atoms with Crippen LogP contribution in [0.15, 0.2) is 23.0 Å². The van der Waals surface area contributed by atoms with Crippen LogP contribution in [0.1, 0.15) is 34.7 Å². The Balaban J connectivity index is 1.78. The average Bonchev–Trinajstić information content (AvgIpc) is 3.02. The predicted octanol–water partition coefficient (Wildman–Crippen LogP) is 5.16. The maximum absolute atomic E-state index is 12.6. The average molecular weight is 422 g/mol. The van der Waals surface area contributed by atoms with Crippen LogP contribution in [0.5, 0.6) is 0 Å². The summed E-state index contributed by atoms with van der Waals surface area (Å²) in [5.41, 5.74) is 1.18. The number of thiophene rings is 1. The lowest BCUT2D eigenvalue weighted by atomic mass is 9.97. The van der Waals surface area contributed by atoms with E-state index in [9.17, 15) is 14.9 Å². The Hall–Kier alpha value is -2.22. The van der Waals surface area contributed by atoms with Crippen LogP contribution in [0, 0.1) is 10.1 Å². The van der Waals surface area contributed by atoms with E-state index in [2.05, 4.69) is 9.97 Å². The van der Waals surface area contributed by atoms with Gasteiger partial charge in [-0.1, -0.05) is 29.3 Å². The summed E-state index contributed by atoms with van der Waals surface area (Å²) in [5, 5.41) is 11.9. The van der Waals surface area contributed by atoms with Crippen molar-refractivity contribution < 1.29 is 4.92 Å². The number of benzene rings is 1. The Bertz CT molecular complexity index is 1170. The number of hydrogen-bond acceptors (Lipinski definition) is 5. The van der Waals surface area contributed by atoms with Gasteiger partial charge in [0.05, 0.1) is 15.3 Å². The number of nitro groups is 1. The fourth-order valence-corrected chi connectivity index (χ4v) is 4.92. The van der Waals surface area contributed by atoms with Gasteiger partial charge in [-0.05, 0) is 49.0 Å². The van der Waals surface area contributed by atoms with Crippen LogP contribution in [0.25, 0.3) is 21.3 Å². The van der Waals surface area contributed by atoms with Gasteiger partial charge in [-0.2, -0.15) is 0 Å². The van der Waals surface area contributed by atoms with Crippen LogP contribution in [0.4, 0.5) is 5.69 Å². The Labute approximate surface area is 167 Å². The summed E-state index contributed by atoms with van der Waals surface area (Å²) in [6, 6.07) is 4.37. The second kappa shape index (κ2) is 7.07. The molecule has 2 heterocycles. The maximum atomic E-state index is 12.6. The van der Waals surface area contributed by atoms with Crippen molar-refractivity contribution in [3.05, 3.63) is 65.5 Å². The van der Waals surface area contributed by atoms with E-state index in [4.69, 9.17) is 23.2 Å². The smallest absolute Gasteiger partial charge is 0.288 e. The molecule has 4 rings (SSSR count). The van der Waals surface area contributed by atoms with E-state index in [1.54, 1.807) is 6.07 Å². The Morgan fingerprint density at radius 2 is 2.11 bits per heavy atom. The molecule has 0 aliphatic heterocycles. The van der Waals surface area contributed by atoms with E-state index >= 15 is 0 Å². The van der Waals surface area contributed by atoms with E-state index < -0.39 is 4.92 Å². The fourth-order valence-electron chi connectivity index (χ4n) is 3.25.